The molecule has 1 fully saturated rings. The highest BCUT2D eigenvalue weighted by atomic mass is 16.2. The van der Waals surface area contributed by atoms with Gasteiger partial charge in [0.2, 0.25) is 0 Å². The van der Waals surface area contributed by atoms with Crippen LogP contribution in [0.1, 0.15) is 18.4 Å². The van der Waals surface area contributed by atoms with Crippen molar-refractivity contribution in [2.24, 2.45) is 0 Å². The number of rotatable bonds is 4. The van der Waals surface area contributed by atoms with Crippen LogP contribution in [0.2, 0.25) is 0 Å². The number of fused-ring (bicyclic) bond motifs is 1. The summed E-state index contributed by atoms with van der Waals surface area (Å²) in [6.07, 6.45) is 6.17. The van der Waals surface area contributed by atoms with Gasteiger partial charge in [0.1, 0.15) is 5.82 Å². The summed E-state index contributed by atoms with van der Waals surface area (Å²) in [7, 11) is 0. The molecular weight excluding hydrogens is 314 g/mol. The van der Waals surface area contributed by atoms with Crippen LogP contribution in [0.5, 0.6) is 0 Å². The zero-order valence-electron chi connectivity index (χ0n) is 14.0. The number of urea groups is 1. The molecule has 0 radical (unpaired) electrons. The highest BCUT2D eigenvalue weighted by Crippen LogP contribution is 2.22. The number of hydrogen-bond donors (Lipinski definition) is 3. The number of aromatic nitrogens is 2. The number of carbonyl (C=O) groups excluding carboxylic acids is 1. The quantitative estimate of drug-likeness (QED) is 0.683. The molecule has 3 heterocycles. The molecule has 0 aliphatic carbocycles. The molecule has 6 heteroatoms. The predicted octanol–water partition coefficient (Wildman–Crippen LogP) is 3.48. The van der Waals surface area contributed by atoms with Crippen LogP contribution >= 0.6 is 0 Å². The summed E-state index contributed by atoms with van der Waals surface area (Å²) in [5.41, 5.74) is 2.77. The van der Waals surface area contributed by atoms with Crippen LogP contribution in [0.3, 0.4) is 0 Å². The van der Waals surface area contributed by atoms with E-state index < -0.39 is 0 Å². The van der Waals surface area contributed by atoms with Crippen molar-refractivity contribution >= 4 is 28.4 Å². The standard InChI is InChI=1S/C19H21N5O/c25-19(23-17-5-3-4-16-15(17)8-9-20-16)22-13-14-6-7-18(21-12-14)24-10-1-2-11-24/h3-9,12,20H,1-2,10-11,13H2,(H2,22,23,25). The zero-order valence-corrected chi connectivity index (χ0v) is 14.0. The van der Waals surface area contributed by atoms with Crippen molar-refractivity contribution < 1.29 is 4.79 Å². The third-order valence-electron chi connectivity index (χ3n) is 4.54. The smallest absolute Gasteiger partial charge is 0.319 e. The minimum atomic E-state index is -0.225. The zero-order chi connectivity index (χ0) is 17.1. The normalized spacial score (nSPS) is 14.0. The van der Waals surface area contributed by atoms with Gasteiger partial charge in [-0.2, -0.15) is 0 Å². The highest BCUT2D eigenvalue weighted by Gasteiger charge is 2.13. The average Bonchev–Trinajstić information content (AvgIpc) is 3.32. The van der Waals surface area contributed by atoms with Gasteiger partial charge >= 0.3 is 6.03 Å². The maximum Gasteiger partial charge on any atom is 0.319 e. The molecule has 0 atom stereocenters. The van der Waals surface area contributed by atoms with Crippen LogP contribution < -0.4 is 15.5 Å². The second-order valence-corrected chi connectivity index (χ2v) is 6.27. The van der Waals surface area contributed by atoms with Crippen LogP contribution in [0.4, 0.5) is 16.3 Å². The van der Waals surface area contributed by atoms with E-state index in [1.54, 1.807) is 0 Å². The van der Waals surface area contributed by atoms with Crippen molar-refractivity contribution in [3.8, 4) is 0 Å². The van der Waals surface area contributed by atoms with Gasteiger partial charge in [-0.3, -0.25) is 0 Å². The molecule has 1 aliphatic heterocycles. The summed E-state index contributed by atoms with van der Waals surface area (Å²) < 4.78 is 0. The van der Waals surface area contributed by atoms with Crippen molar-refractivity contribution in [3.63, 3.8) is 0 Å². The van der Waals surface area contributed by atoms with E-state index >= 15 is 0 Å². The van der Waals surface area contributed by atoms with Crippen LogP contribution in [0.25, 0.3) is 10.9 Å². The molecule has 128 valence electrons. The van der Waals surface area contributed by atoms with Gasteiger partial charge in [0, 0.05) is 42.9 Å². The van der Waals surface area contributed by atoms with Gasteiger partial charge in [-0.25, -0.2) is 9.78 Å². The Morgan fingerprint density at radius 3 is 2.84 bits per heavy atom. The van der Waals surface area contributed by atoms with E-state index in [2.05, 4.69) is 25.5 Å². The Morgan fingerprint density at radius 1 is 1.16 bits per heavy atom. The maximum absolute atomic E-state index is 12.2. The summed E-state index contributed by atoms with van der Waals surface area (Å²) in [6.45, 7) is 2.61. The lowest BCUT2D eigenvalue weighted by Gasteiger charge is -2.16. The second-order valence-electron chi connectivity index (χ2n) is 6.27. The summed E-state index contributed by atoms with van der Waals surface area (Å²) in [5, 5.41) is 6.77. The topological polar surface area (TPSA) is 73.1 Å². The van der Waals surface area contributed by atoms with Gasteiger partial charge in [0.05, 0.1) is 5.69 Å². The lowest BCUT2D eigenvalue weighted by molar-refractivity contribution is 0.252. The van der Waals surface area contributed by atoms with E-state index in [0.717, 1.165) is 41.1 Å². The molecular formula is C19H21N5O. The van der Waals surface area contributed by atoms with Gasteiger partial charge in [-0.05, 0) is 42.7 Å². The van der Waals surface area contributed by atoms with Crippen molar-refractivity contribution in [2.45, 2.75) is 19.4 Å². The molecule has 6 nitrogen and oxygen atoms in total. The summed E-state index contributed by atoms with van der Waals surface area (Å²) in [5.74, 6) is 1.02. The molecule has 2 amide bonds. The molecule has 4 rings (SSSR count). The minimum absolute atomic E-state index is 0.225. The van der Waals surface area contributed by atoms with E-state index in [9.17, 15) is 4.79 Å². The number of H-pyrrole nitrogens is 1. The van der Waals surface area contributed by atoms with Crippen molar-refractivity contribution in [3.05, 3.63) is 54.4 Å². The first-order chi connectivity index (χ1) is 12.3. The van der Waals surface area contributed by atoms with Crippen LogP contribution in [0, 0.1) is 0 Å². The third-order valence-corrected chi connectivity index (χ3v) is 4.54. The van der Waals surface area contributed by atoms with E-state index in [4.69, 9.17) is 0 Å². The Bertz CT molecular complexity index is 865. The van der Waals surface area contributed by atoms with Crippen molar-refractivity contribution in [1.82, 2.24) is 15.3 Å². The highest BCUT2D eigenvalue weighted by molar-refractivity contribution is 6.00. The number of anilines is 2. The Hall–Kier alpha value is -3.02. The van der Waals surface area contributed by atoms with Crippen LogP contribution in [-0.2, 0) is 6.54 Å². The van der Waals surface area contributed by atoms with Crippen molar-refractivity contribution in [2.75, 3.05) is 23.3 Å². The first-order valence-electron chi connectivity index (χ1n) is 8.60. The molecule has 3 aromatic rings. The average molecular weight is 335 g/mol. The van der Waals surface area contributed by atoms with Gasteiger partial charge in [-0.1, -0.05) is 12.1 Å². The lowest BCUT2D eigenvalue weighted by Crippen LogP contribution is -2.28. The Balaban J connectivity index is 1.34. The molecule has 0 bridgehead atoms. The number of nitrogens with zero attached hydrogens (tertiary/aromatic N) is 2. The van der Waals surface area contributed by atoms with Gasteiger partial charge < -0.3 is 20.5 Å². The predicted molar refractivity (Wildman–Crippen MR) is 99.8 cm³/mol. The number of carbonyl (C=O) groups is 1. The molecule has 25 heavy (non-hydrogen) atoms. The number of benzene rings is 1. The minimum Gasteiger partial charge on any atom is -0.361 e. The molecule has 1 aliphatic rings. The number of amides is 2. The summed E-state index contributed by atoms with van der Waals surface area (Å²) in [4.78, 5) is 22.1. The number of nitrogens with one attached hydrogen (secondary N) is 3. The number of pyridine rings is 1. The van der Waals surface area contributed by atoms with E-state index in [-0.39, 0.29) is 6.03 Å². The summed E-state index contributed by atoms with van der Waals surface area (Å²) >= 11 is 0. The fourth-order valence-corrected chi connectivity index (χ4v) is 3.20. The van der Waals surface area contributed by atoms with E-state index in [1.165, 1.54) is 12.8 Å². The molecule has 0 unspecified atom stereocenters. The fourth-order valence-electron chi connectivity index (χ4n) is 3.20. The lowest BCUT2D eigenvalue weighted by atomic mass is 10.2. The molecule has 0 saturated carbocycles. The van der Waals surface area contributed by atoms with E-state index in [1.807, 2.05) is 48.8 Å². The first kappa shape index (κ1) is 15.5. The third kappa shape index (κ3) is 3.42. The molecule has 2 aromatic heterocycles. The molecule has 1 saturated heterocycles. The monoisotopic (exact) mass is 335 g/mol. The molecule has 3 N–H and O–H groups in total. The van der Waals surface area contributed by atoms with Crippen LogP contribution in [-0.4, -0.2) is 29.1 Å². The Labute approximate surface area is 146 Å². The molecule has 1 aromatic carbocycles. The second kappa shape index (κ2) is 6.84. The number of hydrogen-bond acceptors (Lipinski definition) is 3. The van der Waals surface area contributed by atoms with Crippen LogP contribution in [0.15, 0.2) is 48.8 Å². The van der Waals surface area contributed by atoms with Crippen molar-refractivity contribution in [1.29, 1.82) is 0 Å². The number of aromatic amines is 1. The van der Waals surface area contributed by atoms with Gasteiger partial charge in [0.15, 0.2) is 0 Å². The van der Waals surface area contributed by atoms with Gasteiger partial charge in [0.25, 0.3) is 0 Å². The Kier molecular flexibility index (Phi) is 4.24. The Morgan fingerprint density at radius 2 is 2.04 bits per heavy atom. The maximum atomic E-state index is 12.2. The summed E-state index contributed by atoms with van der Waals surface area (Å²) in [6, 6.07) is 11.6. The first-order valence-corrected chi connectivity index (χ1v) is 8.60. The fraction of sp³-hybridized carbons (Fsp3) is 0.263. The largest absolute Gasteiger partial charge is 0.361 e. The van der Waals surface area contributed by atoms with E-state index in [0.29, 0.717) is 6.54 Å². The SMILES string of the molecule is O=C(NCc1ccc(N2CCCC2)nc1)Nc1cccc2[nH]ccc12. The molecule has 0 spiro atoms. The van der Waals surface area contributed by atoms with Gasteiger partial charge in [-0.15, -0.1) is 0 Å².